The van der Waals surface area contributed by atoms with Gasteiger partial charge in [-0.1, -0.05) is 35.9 Å². The van der Waals surface area contributed by atoms with Crippen LogP contribution in [-0.2, 0) is 11.0 Å². The Balaban J connectivity index is 1.96. The lowest BCUT2D eigenvalue weighted by atomic mass is 10.1. The Kier molecular flexibility index (Phi) is 4.62. The Hall–Kier alpha value is -2.25. The second kappa shape index (κ2) is 6.57. The van der Waals surface area contributed by atoms with Gasteiger partial charge in [0.1, 0.15) is 0 Å². The molecule has 2 amide bonds. The molecular weight excluding hydrogens is 375 g/mol. The van der Waals surface area contributed by atoms with Crippen molar-refractivity contribution in [1.29, 1.82) is 0 Å². The summed E-state index contributed by atoms with van der Waals surface area (Å²) >= 11 is 6.67. The van der Waals surface area contributed by atoms with E-state index in [1.165, 1.54) is 12.1 Å². The molecule has 3 rings (SSSR count). The van der Waals surface area contributed by atoms with Crippen molar-refractivity contribution in [3.63, 3.8) is 0 Å². The van der Waals surface area contributed by atoms with Gasteiger partial charge in [-0.2, -0.15) is 13.2 Å². The van der Waals surface area contributed by atoms with Crippen LogP contribution >= 0.6 is 23.4 Å². The van der Waals surface area contributed by atoms with Crippen molar-refractivity contribution in [3.8, 4) is 0 Å². The van der Waals surface area contributed by atoms with E-state index in [2.05, 4.69) is 0 Å². The van der Waals surface area contributed by atoms with Crippen molar-refractivity contribution in [2.75, 3.05) is 4.90 Å². The minimum Gasteiger partial charge on any atom is -0.268 e. The predicted octanol–water partition coefficient (Wildman–Crippen LogP) is 5.60. The van der Waals surface area contributed by atoms with Crippen LogP contribution in [0, 0.1) is 0 Å². The molecule has 1 aliphatic heterocycles. The first-order valence-corrected chi connectivity index (χ1v) is 8.16. The minimum atomic E-state index is -4.56. The number of hydrogen-bond acceptors (Lipinski definition) is 3. The highest BCUT2D eigenvalue weighted by molar-refractivity contribution is 8.19. The molecule has 1 saturated heterocycles. The normalized spacial score (nSPS) is 16.8. The number of rotatable bonds is 2. The Labute approximate surface area is 150 Å². The SMILES string of the molecule is O=C1S/C(=C\c2ccccc2Cl)C(=O)N1c1cccc(C(F)(F)F)c1. The lowest BCUT2D eigenvalue weighted by Gasteiger charge is -2.14. The molecule has 0 N–H and O–H groups in total. The number of halogens is 4. The van der Waals surface area contributed by atoms with E-state index in [9.17, 15) is 22.8 Å². The van der Waals surface area contributed by atoms with E-state index in [0.717, 1.165) is 23.1 Å². The zero-order valence-corrected chi connectivity index (χ0v) is 14.0. The monoisotopic (exact) mass is 383 g/mol. The molecule has 0 radical (unpaired) electrons. The quantitative estimate of drug-likeness (QED) is 0.633. The van der Waals surface area contributed by atoms with Gasteiger partial charge in [0, 0.05) is 5.02 Å². The topological polar surface area (TPSA) is 37.4 Å². The number of nitrogens with zero attached hydrogens (tertiary/aromatic N) is 1. The van der Waals surface area contributed by atoms with E-state index >= 15 is 0 Å². The Morgan fingerprint density at radius 3 is 2.44 bits per heavy atom. The van der Waals surface area contributed by atoms with Crippen molar-refractivity contribution in [3.05, 3.63) is 69.6 Å². The van der Waals surface area contributed by atoms with Crippen LogP contribution < -0.4 is 4.90 Å². The number of benzene rings is 2. The lowest BCUT2D eigenvalue weighted by molar-refractivity contribution is -0.137. The highest BCUT2D eigenvalue weighted by Gasteiger charge is 2.38. The number of carbonyl (C=O) groups is 2. The maximum absolute atomic E-state index is 12.8. The standard InChI is InChI=1S/C17H9ClF3NO2S/c18-13-7-2-1-4-10(13)8-14-15(23)22(16(24)25-14)12-6-3-5-11(9-12)17(19,20)21/h1-9H/b14-8-. The molecule has 128 valence electrons. The molecule has 0 saturated carbocycles. The van der Waals surface area contributed by atoms with E-state index in [1.807, 2.05) is 0 Å². The van der Waals surface area contributed by atoms with Gasteiger partial charge in [-0.15, -0.1) is 0 Å². The number of carbonyl (C=O) groups excluding carboxylic acids is 2. The van der Waals surface area contributed by atoms with Crippen molar-refractivity contribution >= 4 is 46.3 Å². The molecule has 3 nitrogen and oxygen atoms in total. The highest BCUT2D eigenvalue weighted by atomic mass is 35.5. The smallest absolute Gasteiger partial charge is 0.268 e. The molecule has 1 fully saturated rings. The van der Waals surface area contributed by atoms with Gasteiger partial charge in [0.15, 0.2) is 0 Å². The van der Waals surface area contributed by atoms with Gasteiger partial charge in [0.05, 0.1) is 16.2 Å². The Bertz CT molecular complexity index is 895. The largest absolute Gasteiger partial charge is 0.416 e. The first kappa shape index (κ1) is 17.6. The van der Waals surface area contributed by atoms with Gasteiger partial charge in [-0.25, -0.2) is 4.90 Å². The van der Waals surface area contributed by atoms with Gasteiger partial charge in [-0.3, -0.25) is 9.59 Å². The van der Waals surface area contributed by atoms with Crippen LogP contribution in [0.25, 0.3) is 6.08 Å². The van der Waals surface area contributed by atoms with Gasteiger partial charge in [0.25, 0.3) is 11.1 Å². The van der Waals surface area contributed by atoms with E-state index in [-0.39, 0.29) is 10.6 Å². The summed E-state index contributed by atoms with van der Waals surface area (Å²) in [7, 11) is 0. The molecule has 2 aromatic carbocycles. The summed E-state index contributed by atoms with van der Waals surface area (Å²) in [5, 5.41) is -0.268. The number of imide groups is 1. The van der Waals surface area contributed by atoms with Crippen molar-refractivity contribution in [2.24, 2.45) is 0 Å². The second-order valence-electron chi connectivity index (χ2n) is 5.09. The molecular formula is C17H9ClF3NO2S. The average Bonchev–Trinajstić information content (AvgIpc) is 2.83. The van der Waals surface area contributed by atoms with E-state index in [4.69, 9.17) is 11.6 Å². The predicted molar refractivity (Wildman–Crippen MR) is 91.3 cm³/mol. The summed E-state index contributed by atoms with van der Waals surface area (Å²) in [6.45, 7) is 0. The third kappa shape index (κ3) is 3.57. The Morgan fingerprint density at radius 2 is 1.76 bits per heavy atom. The fraction of sp³-hybridized carbons (Fsp3) is 0.0588. The number of hydrogen-bond donors (Lipinski definition) is 0. The third-order valence-corrected chi connectivity index (χ3v) is 4.63. The summed E-state index contributed by atoms with van der Waals surface area (Å²) in [4.78, 5) is 25.4. The van der Waals surface area contributed by atoms with Gasteiger partial charge in [-0.05, 0) is 47.7 Å². The van der Waals surface area contributed by atoms with Crippen LogP contribution in [0.4, 0.5) is 23.7 Å². The number of alkyl halides is 3. The lowest BCUT2D eigenvalue weighted by Crippen LogP contribution is -2.28. The summed E-state index contributed by atoms with van der Waals surface area (Å²) in [6, 6.07) is 10.8. The molecule has 2 aromatic rings. The Morgan fingerprint density at radius 1 is 1.04 bits per heavy atom. The van der Waals surface area contributed by atoms with Gasteiger partial charge >= 0.3 is 6.18 Å². The van der Waals surface area contributed by atoms with Crippen LogP contribution in [0.2, 0.25) is 5.02 Å². The average molecular weight is 384 g/mol. The van der Waals surface area contributed by atoms with Crippen LogP contribution in [-0.4, -0.2) is 11.1 Å². The molecule has 1 aliphatic rings. The summed E-state index contributed by atoms with van der Waals surface area (Å²) in [5.41, 5.74) is -0.516. The minimum absolute atomic E-state index is 0.0931. The van der Waals surface area contributed by atoms with Crippen molar-refractivity contribution < 1.29 is 22.8 Å². The molecule has 1 heterocycles. The van der Waals surface area contributed by atoms with E-state index in [0.29, 0.717) is 22.3 Å². The van der Waals surface area contributed by atoms with Gasteiger partial charge < -0.3 is 0 Å². The zero-order valence-electron chi connectivity index (χ0n) is 12.4. The summed E-state index contributed by atoms with van der Waals surface area (Å²) < 4.78 is 38.5. The molecule has 0 spiro atoms. The molecule has 0 aliphatic carbocycles. The van der Waals surface area contributed by atoms with Crippen LogP contribution in [0.3, 0.4) is 0 Å². The zero-order chi connectivity index (χ0) is 18.2. The molecule has 0 unspecified atom stereocenters. The fourth-order valence-electron chi connectivity index (χ4n) is 2.25. The number of thioether (sulfide) groups is 1. The summed E-state index contributed by atoms with van der Waals surface area (Å²) in [5.74, 6) is -0.686. The third-order valence-electron chi connectivity index (χ3n) is 3.42. The first-order valence-electron chi connectivity index (χ1n) is 6.97. The van der Waals surface area contributed by atoms with E-state index in [1.54, 1.807) is 24.3 Å². The number of anilines is 1. The van der Waals surface area contributed by atoms with Crippen molar-refractivity contribution in [2.45, 2.75) is 6.18 Å². The first-order chi connectivity index (χ1) is 11.8. The van der Waals surface area contributed by atoms with Crippen LogP contribution in [0.5, 0.6) is 0 Å². The molecule has 0 aromatic heterocycles. The summed E-state index contributed by atoms with van der Waals surface area (Å²) in [6.07, 6.45) is -3.12. The number of amides is 2. The van der Waals surface area contributed by atoms with E-state index < -0.39 is 22.9 Å². The molecule has 0 atom stereocenters. The maximum atomic E-state index is 12.8. The maximum Gasteiger partial charge on any atom is 0.416 e. The highest BCUT2D eigenvalue weighted by Crippen LogP contribution is 2.38. The van der Waals surface area contributed by atoms with Crippen LogP contribution in [0.1, 0.15) is 11.1 Å². The molecule has 0 bridgehead atoms. The second-order valence-corrected chi connectivity index (χ2v) is 6.49. The molecule has 8 heteroatoms. The van der Waals surface area contributed by atoms with Crippen LogP contribution in [0.15, 0.2) is 53.4 Å². The van der Waals surface area contributed by atoms with Crippen molar-refractivity contribution in [1.82, 2.24) is 0 Å². The van der Waals surface area contributed by atoms with Gasteiger partial charge in [0.2, 0.25) is 0 Å². The molecule has 25 heavy (non-hydrogen) atoms. The fourth-order valence-corrected chi connectivity index (χ4v) is 3.27.